The highest BCUT2D eigenvalue weighted by Gasteiger charge is 2.52. The highest BCUT2D eigenvalue weighted by molar-refractivity contribution is 5.80. The number of nitrogens with zero attached hydrogens (tertiary/aromatic N) is 2. The van der Waals surface area contributed by atoms with Gasteiger partial charge in [-0.3, -0.25) is 5.32 Å². The van der Waals surface area contributed by atoms with E-state index in [1.165, 1.54) is 24.2 Å². The number of anilines is 2. The summed E-state index contributed by atoms with van der Waals surface area (Å²) in [5.41, 5.74) is 2.74. The minimum atomic E-state index is 0.247. The van der Waals surface area contributed by atoms with E-state index in [9.17, 15) is 0 Å². The molecule has 8 unspecified atom stereocenters. The molecule has 4 nitrogen and oxygen atoms in total. The lowest BCUT2D eigenvalue weighted by Gasteiger charge is -2.38. The van der Waals surface area contributed by atoms with Gasteiger partial charge in [0.1, 0.15) is 0 Å². The lowest BCUT2D eigenvalue weighted by Crippen LogP contribution is -2.53. The number of benzene rings is 1. The van der Waals surface area contributed by atoms with Gasteiger partial charge in [0, 0.05) is 17.9 Å². The van der Waals surface area contributed by atoms with Gasteiger partial charge in [0.05, 0.1) is 35.7 Å². The lowest BCUT2D eigenvalue weighted by atomic mass is 9.78. The van der Waals surface area contributed by atoms with Crippen molar-refractivity contribution in [2.24, 2.45) is 11.8 Å². The van der Waals surface area contributed by atoms with Crippen LogP contribution in [0.1, 0.15) is 19.3 Å². The molecule has 2 fully saturated rings. The normalized spacial score (nSPS) is 43.2. The Morgan fingerprint density at radius 1 is 0.897 bits per heavy atom. The van der Waals surface area contributed by atoms with E-state index in [4.69, 9.17) is 4.74 Å². The van der Waals surface area contributed by atoms with E-state index in [0.29, 0.717) is 30.0 Å². The number of para-hydroxylation sites is 2. The van der Waals surface area contributed by atoms with Gasteiger partial charge in [-0.25, -0.2) is 0 Å². The maximum atomic E-state index is 6.33. The minimum Gasteiger partial charge on any atom is -0.366 e. The molecular formula is C25H27N3O. The first kappa shape index (κ1) is 16.5. The third-order valence-corrected chi connectivity index (χ3v) is 7.79. The quantitative estimate of drug-likeness (QED) is 0.746. The van der Waals surface area contributed by atoms with Crippen LogP contribution >= 0.6 is 0 Å². The molecule has 0 radical (unpaired) electrons. The first-order valence-electron chi connectivity index (χ1n) is 11.2. The molecule has 0 spiro atoms. The topological polar surface area (TPSA) is 27.7 Å². The van der Waals surface area contributed by atoms with Crippen molar-refractivity contribution in [1.29, 1.82) is 0 Å². The van der Waals surface area contributed by atoms with Crippen LogP contribution in [0.2, 0.25) is 0 Å². The largest absolute Gasteiger partial charge is 0.366 e. The van der Waals surface area contributed by atoms with Gasteiger partial charge in [-0.2, -0.15) is 0 Å². The van der Waals surface area contributed by atoms with E-state index < -0.39 is 0 Å². The van der Waals surface area contributed by atoms with Crippen LogP contribution in [0.5, 0.6) is 0 Å². The van der Waals surface area contributed by atoms with Gasteiger partial charge in [-0.05, 0) is 31.4 Å². The van der Waals surface area contributed by atoms with E-state index in [0.717, 1.165) is 6.42 Å². The van der Waals surface area contributed by atoms with Crippen molar-refractivity contribution in [3.63, 3.8) is 0 Å². The maximum absolute atomic E-state index is 6.33. The predicted octanol–water partition coefficient (Wildman–Crippen LogP) is 3.74. The second-order valence-corrected chi connectivity index (χ2v) is 9.21. The van der Waals surface area contributed by atoms with Gasteiger partial charge in [-0.1, -0.05) is 60.7 Å². The highest BCUT2D eigenvalue weighted by Crippen LogP contribution is 2.49. The minimum absolute atomic E-state index is 0.247. The van der Waals surface area contributed by atoms with Crippen LogP contribution < -0.4 is 15.1 Å². The Kier molecular flexibility index (Phi) is 3.47. The van der Waals surface area contributed by atoms with E-state index >= 15 is 0 Å². The Labute approximate surface area is 172 Å². The first-order chi connectivity index (χ1) is 14.4. The summed E-state index contributed by atoms with van der Waals surface area (Å²) < 4.78 is 6.33. The third kappa shape index (κ3) is 2.27. The third-order valence-electron chi connectivity index (χ3n) is 7.79. The molecular weight excluding hydrogens is 358 g/mol. The molecule has 29 heavy (non-hydrogen) atoms. The summed E-state index contributed by atoms with van der Waals surface area (Å²) in [6, 6.07) is 10.4. The Hall–Kier alpha value is -2.30. The van der Waals surface area contributed by atoms with Crippen LogP contribution in [0.15, 0.2) is 72.9 Å². The van der Waals surface area contributed by atoms with Gasteiger partial charge < -0.3 is 14.5 Å². The van der Waals surface area contributed by atoms with E-state index in [2.05, 4.69) is 88.0 Å². The maximum Gasteiger partial charge on any atom is 0.159 e. The zero-order valence-corrected chi connectivity index (χ0v) is 16.5. The summed E-state index contributed by atoms with van der Waals surface area (Å²) in [6.45, 7) is 0. The van der Waals surface area contributed by atoms with E-state index in [1.807, 2.05) is 0 Å². The molecule has 0 amide bonds. The van der Waals surface area contributed by atoms with Crippen LogP contribution in [0.25, 0.3) is 0 Å². The molecule has 3 heterocycles. The molecule has 1 aromatic rings. The fourth-order valence-corrected chi connectivity index (χ4v) is 6.53. The van der Waals surface area contributed by atoms with Gasteiger partial charge in [0.2, 0.25) is 0 Å². The zero-order chi connectivity index (χ0) is 18.9. The molecule has 2 saturated heterocycles. The molecule has 4 heteroatoms. The molecule has 3 aliphatic carbocycles. The monoisotopic (exact) mass is 385 g/mol. The van der Waals surface area contributed by atoms with Crippen LogP contribution in [0.3, 0.4) is 0 Å². The van der Waals surface area contributed by atoms with Crippen molar-refractivity contribution in [2.75, 3.05) is 9.80 Å². The standard InChI is InChI=1S/C25H27N3O/c1-6-12-23-17(7-1)18-15-16(13-14-24(18)29-23)27-21-10-4-5-11-22(21)28-20-9-3-2-8-19(20)26-25(27)28/h1,3-7,9-14,16-20,23-26H,2,8,15H2. The molecule has 7 rings (SSSR count). The smallest absolute Gasteiger partial charge is 0.159 e. The zero-order valence-electron chi connectivity index (χ0n) is 16.5. The predicted molar refractivity (Wildman–Crippen MR) is 116 cm³/mol. The average Bonchev–Trinajstić information content (AvgIpc) is 3.41. The van der Waals surface area contributed by atoms with Crippen LogP contribution in [-0.4, -0.2) is 36.6 Å². The number of ether oxygens (including phenoxy) is 1. The van der Waals surface area contributed by atoms with Gasteiger partial charge in [0.15, 0.2) is 6.29 Å². The Balaban J connectivity index is 1.25. The van der Waals surface area contributed by atoms with E-state index in [1.54, 1.807) is 0 Å². The molecule has 6 aliphatic rings. The molecule has 3 aliphatic heterocycles. The summed E-state index contributed by atoms with van der Waals surface area (Å²) in [5.74, 6) is 1.06. The number of hydrogen-bond acceptors (Lipinski definition) is 4. The van der Waals surface area contributed by atoms with Crippen molar-refractivity contribution in [3.8, 4) is 0 Å². The second-order valence-electron chi connectivity index (χ2n) is 9.21. The van der Waals surface area contributed by atoms with Crippen molar-refractivity contribution in [1.82, 2.24) is 5.32 Å². The number of hydrogen-bond donors (Lipinski definition) is 1. The van der Waals surface area contributed by atoms with Crippen molar-refractivity contribution >= 4 is 11.4 Å². The van der Waals surface area contributed by atoms with Crippen molar-refractivity contribution in [3.05, 3.63) is 72.9 Å². The van der Waals surface area contributed by atoms with Crippen LogP contribution in [0, 0.1) is 11.8 Å². The second kappa shape index (κ2) is 6.10. The summed E-state index contributed by atoms with van der Waals surface area (Å²) in [4.78, 5) is 5.26. The lowest BCUT2D eigenvalue weighted by molar-refractivity contribution is 0.0812. The van der Waals surface area contributed by atoms with Gasteiger partial charge >= 0.3 is 0 Å². The van der Waals surface area contributed by atoms with Gasteiger partial charge in [0.25, 0.3) is 0 Å². The number of fused-ring (bicyclic) bond motifs is 8. The summed E-state index contributed by atoms with van der Waals surface area (Å²) in [6.07, 6.45) is 22.8. The fraction of sp³-hybridized carbons (Fsp3) is 0.440. The summed E-state index contributed by atoms with van der Waals surface area (Å²) >= 11 is 0. The van der Waals surface area contributed by atoms with Crippen LogP contribution in [0.4, 0.5) is 11.4 Å². The Morgan fingerprint density at radius 2 is 1.76 bits per heavy atom. The summed E-state index contributed by atoms with van der Waals surface area (Å²) in [5, 5.41) is 3.98. The van der Waals surface area contributed by atoms with Crippen molar-refractivity contribution < 1.29 is 4.74 Å². The molecule has 0 aromatic heterocycles. The highest BCUT2D eigenvalue weighted by atomic mass is 16.5. The van der Waals surface area contributed by atoms with Crippen molar-refractivity contribution in [2.45, 2.75) is 55.9 Å². The van der Waals surface area contributed by atoms with Crippen LogP contribution in [-0.2, 0) is 4.74 Å². The average molecular weight is 386 g/mol. The summed E-state index contributed by atoms with van der Waals surface area (Å²) in [7, 11) is 0. The molecule has 0 saturated carbocycles. The van der Waals surface area contributed by atoms with Gasteiger partial charge in [-0.15, -0.1) is 0 Å². The molecule has 8 atom stereocenters. The van der Waals surface area contributed by atoms with E-state index in [-0.39, 0.29) is 18.5 Å². The molecule has 1 aromatic carbocycles. The SMILES string of the molecule is C1=CC2OC3C=CC(N4c5ccccc5N5C6C=CCCC6NC45)CC3C2C=C1. The molecule has 148 valence electrons. The Bertz CT molecular complexity index is 949. The Morgan fingerprint density at radius 3 is 2.69 bits per heavy atom. The number of rotatable bonds is 1. The number of allylic oxidation sites excluding steroid dienone is 3. The first-order valence-corrected chi connectivity index (χ1v) is 11.2. The fourth-order valence-electron chi connectivity index (χ4n) is 6.53. The molecule has 0 bridgehead atoms. The number of nitrogens with one attached hydrogen (secondary N) is 1. The molecule has 1 N–H and O–H groups in total.